The first-order chi connectivity index (χ1) is 11.6. The second-order valence-corrected chi connectivity index (χ2v) is 5.34. The van der Waals surface area contributed by atoms with Gasteiger partial charge in [-0.25, -0.2) is 0 Å². The van der Waals surface area contributed by atoms with Gasteiger partial charge in [0.25, 0.3) is 5.91 Å². The Kier molecular flexibility index (Phi) is 6.83. The number of aryl methyl sites for hydroxylation is 1. The smallest absolute Gasteiger partial charge is 0.306 e. The average molecular weight is 327 g/mol. The Balaban J connectivity index is 1.58. The number of benzene rings is 2. The SMILES string of the molecule is Cc1ccc(NC(=O)COC(=O)CCCOc2ccccc2)cc1. The topological polar surface area (TPSA) is 64.6 Å². The van der Waals surface area contributed by atoms with E-state index in [4.69, 9.17) is 9.47 Å². The summed E-state index contributed by atoms with van der Waals surface area (Å²) in [5, 5.41) is 2.67. The maximum absolute atomic E-state index is 11.7. The predicted molar refractivity (Wildman–Crippen MR) is 91.9 cm³/mol. The monoisotopic (exact) mass is 327 g/mol. The average Bonchev–Trinajstić information content (AvgIpc) is 2.60. The normalized spacial score (nSPS) is 10.0. The number of esters is 1. The van der Waals surface area contributed by atoms with Crippen LogP contribution in [-0.4, -0.2) is 25.1 Å². The summed E-state index contributed by atoms with van der Waals surface area (Å²) in [6.45, 7) is 2.11. The molecule has 1 amide bonds. The molecule has 2 aromatic rings. The summed E-state index contributed by atoms with van der Waals surface area (Å²) in [5.41, 5.74) is 1.79. The van der Waals surface area contributed by atoms with Gasteiger partial charge < -0.3 is 14.8 Å². The number of rotatable bonds is 8. The summed E-state index contributed by atoms with van der Waals surface area (Å²) in [6.07, 6.45) is 0.748. The maximum atomic E-state index is 11.7. The summed E-state index contributed by atoms with van der Waals surface area (Å²) in [6, 6.07) is 16.8. The number of hydrogen-bond donors (Lipinski definition) is 1. The van der Waals surface area contributed by atoms with Crippen molar-refractivity contribution in [3.63, 3.8) is 0 Å². The summed E-state index contributed by atoms with van der Waals surface area (Å²) >= 11 is 0. The zero-order chi connectivity index (χ0) is 17.2. The highest BCUT2D eigenvalue weighted by atomic mass is 16.5. The summed E-state index contributed by atoms with van der Waals surface area (Å²) < 4.78 is 10.4. The Morgan fingerprint density at radius 3 is 2.42 bits per heavy atom. The minimum atomic E-state index is -0.411. The van der Waals surface area contributed by atoms with E-state index in [0.29, 0.717) is 18.7 Å². The molecule has 0 aliphatic rings. The van der Waals surface area contributed by atoms with E-state index in [1.807, 2.05) is 49.4 Å². The Morgan fingerprint density at radius 1 is 1.00 bits per heavy atom. The molecular weight excluding hydrogens is 306 g/mol. The van der Waals surface area contributed by atoms with E-state index in [9.17, 15) is 9.59 Å². The molecule has 0 saturated carbocycles. The molecule has 0 aromatic heterocycles. The van der Waals surface area contributed by atoms with Crippen molar-refractivity contribution >= 4 is 17.6 Å². The number of amides is 1. The van der Waals surface area contributed by atoms with Crippen LogP contribution < -0.4 is 10.1 Å². The van der Waals surface area contributed by atoms with Crippen molar-refractivity contribution in [1.82, 2.24) is 0 Å². The standard InChI is InChI=1S/C19H21NO4/c1-15-9-11-16(12-10-15)20-18(21)14-24-19(22)8-5-13-23-17-6-3-2-4-7-17/h2-4,6-7,9-12H,5,8,13-14H2,1H3,(H,20,21). The Morgan fingerprint density at radius 2 is 1.71 bits per heavy atom. The fourth-order valence-corrected chi connectivity index (χ4v) is 1.98. The number of ether oxygens (including phenoxy) is 2. The van der Waals surface area contributed by atoms with E-state index < -0.39 is 5.97 Å². The molecule has 0 spiro atoms. The minimum absolute atomic E-state index is 0.213. The van der Waals surface area contributed by atoms with Gasteiger partial charge in [-0.1, -0.05) is 35.9 Å². The van der Waals surface area contributed by atoms with Crippen molar-refractivity contribution in [1.29, 1.82) is 0 Å². The highest BCUT2D eigenvalue weighted by Crippen LogP contribution is 2.09. The van der Waals surface area contributed by atoms with E-state index in [1.54, 1.807) is 12.1 Å². The van der Waals surface area contributed by atoms with Gasteiger partial charge >= 0.3 is 5.97 Å². The molecule has 0 saturated heterocycles. The molecule has 5 nitrogen and oxygen atoms in total. The lowest BCUT2D eigenvalue weighted by molar-refractivity contribution is -0.147. The lowest BCUT2D eigenvalue weighted by Crippen LogP contribution is -2.21. The van der Waals surface area contributed by atoms with Gasteiger partial charge in [0.05, 0.1) is 6.61 Å². The van der Waals surface area contributed by atoms with Gasteiger partial charge in [-0.15, -0.1) is 0 Å². The van der Waals surface area contributed by atoms with Crippen LogP contribution in [0, 0.1) is 6.92 Å². The zero-order valence-corrected chi connectivity index (χ0v) is 13.7. The van der Waals surface area contributed by atoms with Crippen LogP contribution in [0.25, 0.3) is 0 Å². The summed E-state index contributed by atoms with van der Waals surface area (Å²) in [4.78, 5) is 23.3. The first kappa shape index (κ1) is 17.5. The first-order valence-corrected chi connectivity index (χ1v) is 7.83. The number of carbonyl (C=O) groups is 2. The lowest BCUT2D eigenvalue weighted by atomic mass is 10.2. The van der Waals surface area contributed by atoms with Crippen LogP contribution in [-0.2, 0) is 14.3 Å². The predicted octanol–water partition coefficient (Wildman–Crippen LogP) is 3.34. The number of nitrogens with one attached hydrogen (secondary N) is 1. The first-order valence-electron chi connectivity index (χ1n) is 7.83. The second kappa shape index (κ2) is 9.35. The van der Waals surface area contributed by atoms with Gasteiger partial charge in [-0.2, -0.15) is 0 Å². The van der Waals surface area contributed by atoms with Crippen LogP contribution >= 0.6 is 0 Å². The van der Waals surface area contributed by atoms with Gasteiger partial charge in [-0.3, -0.25) is 9.59 Å². The quantitative estimate of drug-likeness (QED) is 0.596. The van der Waals surface area contributed by atoms with E-state index in [2.05, 4.69) is 5.32 Å². The minimum Gasteiger partial charge on any atom is -0.494 e. The fourth-order valence-electron chi connectivity index (χ4n) is 1.98. The summed E-state index contributed by atoms with van der Waals surface area (Å²) in [5.74, 6) is 0.00167. The maximum Gasteiger partial charge on any atom is 0.306 e. The van der Waals surface area contributed by atoms with Crippen LogP contribution in [0.2, 0.25) is 0 Å². The largest absolute Gasteiger partial charge is 0.494 e. The van der Waals surface area contributed by atoms with E-state index in [1.165, 1.54) is 0 Å². The van der Waals surface area contributed by atoms with E-state index >= 15 is 0 Å². The van der Waals surface area contributed by atoms with Gasteiger partial charge in [0.1, 0.15) is 5.75 Å². The molecule has 2 aromatic carbocycles. The number of hydrogen-bond acceptors (Lipinski definition) is 4. The number of para-hydroxylation sites is 1. The molecule has 0 aliphatic heterocycles. The molecule has 24 heavy (non-hydrogen) atoms. The van der Waals surface area contributed by atoms with Gasteiger partial charge in [0, 0.05) is 12.1 Å². The molecule has 0 unspecified atom stereocenters. The molecule has 5 heteroatoms. The van der Waals surface area contributed by atoms with Crippen molar-refractivity contribution in [2.24, 2.45) is 0 Å². The molecular formula is C19H21NO4. The van der Waals surface area contributed by atoms with Crippen molar-refractivity contribution in [3.05, 3.63) is 60.2 Å². The van der Waals surface area contributed by atoms with Crippen LogP contribution in [0.1, 0.15) is 18.4 Å². The van der Waals surface area contributed by atoms with Crippen LogP contribution in [0.3, 0.4) is 0 Å². The van der Waals surface area contributed by atoms with Crippen molar-refractivity contribution in [2.75, 3.05) is 18.5 Å². The molecule has 0 heterocycles. The molecule has 126 valence electrons. The lowest BCUT2D eigenvalue weighted by Gasteiger charge is -2.08. The molecule has 0 atom stereocenters. The molecule has 0 bridgehead atoms. The molecule has 0 fully saturated rings. The fraction of sp³-hybridized carbons (Fsp3) is 0.263. The number of carbonyl (C=O) groups excluding carboxylic acids is 2. The van der Waals surface area contributed by atoms with Gasteiger partial charge in [0.2, 0.25) is 0 Å². The Bertz CT molecular complexity index is 653. The highest BCUT2D eigenvalue weighted by molar-refractivity contribution is 5.92. The number of anilines is 1. The molecule has 0 aliphatic carbocycles. The molecule has 2 rings (SSSR count). The summed E-state index contributed by atoms with van der Waals surface area (Å²) in [7, 11) is 0. The molecule has 1 N–H and O–H groups in total. The van der Waals surface area contributed by atoms with Crippen molar-refractivity contribution < 1.29 is 19.1 Å². The Hall–Kier alpha value is -2.82. The third kappa shape index (κ3) is 6.52. The van der Waals surface area contributed by atoms with E-state index in [0.717, 1.165) is 11.3 Å². The third-order valence-electron chi connectivity index (χ3n) is 3.24. The third-order valence-corrected chi connectivity index (χ3v) is 3.24. The second-order valence-electron chi connectivity index (χ2n) is 5.34. The van der Waals surface area contributed by atoms with Gasteiger partial charge in [0.15, 0.2) is 6.61 Å². The Labute approximate surface area is 141 Å². The van der Waals surface area contributed by atoms with E-state index in [-0.39, 0.29) is 18.9 Å². The van der Waals surface area contributed by atoms with Crippen LogP contribution in [0.5, 0.6) is 5.75 Å². The van der Waals surface area contributed by atoms with Crippen LogP contribution in [0.15, 0.2) is 54.6 Å². The zero-order valence-electron chi connectivity index (χ0n) is 13.7. The highest BCUT2D eigenvalue weighted by Gasteiger charge is 2.08. The van der Waals surface area contributed by atoms with Crippen molar-refractivity contribution in [2.45, 2.75) is 19.8 Å². The van der Waals surface area contributed by atoms with Gasteiger partial charge in [-0.05, 0) is 37.6 Å². The van der Waals surface area contributed by atoms with Crippen LogP contribution in [0.4, 0.5) is 5.69 Å². The molecule has 0 radical (unpaired) electrons. The van der Waals surface area contributed by atoms with Crippen molar-refractivity contribution in [3.8, 4) is 5.75 Å².